The molecule has 0 saturated heterocycles. The Kier molecular flexibility index (Phi) is 2.88. The predicted molar refractivity (Wildman–Crippen MR) is 42.3 cm³/mol. The summed E-state index contributed by atoms with van der Waals surface area (Å²) >= 11 is 5.53. The third kappa shape index (κ3) is 2.39. The molecule has 0 N–H and O–H groups in total. The summed E-state index contributed by atoms with van der Waals surface area (Å²) in [6.07, 6.45) is -0.815. The maximum atomic E-state index is 10.6. The minimum atomic E-state index is -0.815. The fraction of sp³-hybridized carbons (Fsp3) is 0.143. The first-order chi connectivity index (χ1) is 5.72. The molecular weight excluding hydrogens is 182 g/mol. The molecule has 0 spiro atoms. The zero-order valence-corrected chi connectivity index (χ0v) is 7.04. The van der Waals surface area contributed by atoms with E-state index in [0.29, 0.717) is 0 Å². The highest BCUT2D eigenvalue weighted by Crippen LogP contribution is 2.11. The average molecular weight is 188 g/mol. The molecule has 0 bridgehead atoms. The van der Waals surface area contributed by atoms with Gasteiger partial charge in [0.1, 0.15) is 5.15 Å². The molecule has 4 nitrogen and oxygen atoms in total. The number of aromatic nitrogens is 1. The van der Waals surface area contributed by atoms with Gasteiger partial charge in [0.05, 0.1) is 7.11 Å². The summed E-state index contributed by atoms with van der Waals surface area (Å²) in [7, 11) is 1.22. The fourth-order valence-corrected chi connectivity index (χ4v) is 0.730. The zero-order chi connectivity index (χ0) is 8.97. The van der Waals surface area contributed by atoms with Crippen LogP contribution in [-0.4, -0.2) is 18.2 Å². The molecule has 0 aliphatic carbocycles. The van der Waals surface area contributed by atoms with Crippen LogP contribution in [0.15, 0.2) is 18.2 Å². The molecule has 1 heterocycles. The first-order valence-corrected chi connectivity index (χ1v) is 3.48. The summed E-state index contributed by atoms with van der Waals surface area (Å²) in [6.45, 7) is 0. The molecule has 64 valence electrons. The second-order valence-corrected chi connectivity index (χ2v) is 2.24. The molecule has 0 unspecified atom stereocenters. The zero-order valence-electron chi connectivity index (χ0n) is 6.28. The second kappa shape index (κ2) is 3.92. The van der Waals surface area contributed by atoms with Crippen molar-refractivity contribution in [3.05, 3.63) is 23.4 Å². The molecule has 0 aliphatic heterocycles. The van der Waals surface area contributed by atoms with Crippen molar-refractivity contribution >= 4 is 17.8 Å². The van der Waals surface area contributed by atoms with Crippen molar-refractivity contribution in [3.63, 3.8) is 0 Å². The van der Waals surface area contributed by atoms with E-state index < -0.39 is 6.16 Å². The molecule has 0 atom stereocenters. The SMILES string of the molecule is COC(=O)Oc1cccc(Cl)n1. The van der Waals surface area contributed by atoms with Gasteiger partial charge in [-0.15, -0.1) is 0 Å². The lowest BCUT2D eigenvalue weighted by molar-refractivity contribution is 0.119. The van der Waals surface area contributed by atoms with Gasteiger partial charge in [-0.3, -0.25) is 0 Å². The Hall–Kier alpha value is -1.29. The first-order valence-electron chi connectivity index (χ1n) is 3.10. The Labute approximate surface area is 74.1 Å². The minimum absolute atomic E-state index is 0.120. The second-order valence-electron chi connectivity index (χ2n) is 1.85. The van der Waals surface area contributed by atoms with Crippen molar-refractivity contribution in [1.29, 1.82) is 0 Å². The number of halogens is 1. The average Bonchev–Trinajstić information content (AvgIpc) is 2.04. The summed E-state index contributed by atoms with van der Waals surface area (Å²) < 4.78 is 8.84. The summed E-state index contributed by atoms with van der Waals surface area (Å²) in [5, 5.41) is 0.261. The third-order valence-corrected chi connectivity index (χ3v) is 1.25. The molecular formula is C7H6ClNO3. The normalized spacial score (nSPS) is 9.17. The van der Waals surface area contributed by atoms with Crippen molar-refractivity contribution < 1.29 is 14.3 Å². The van der Waals surface area contributed by atoms with Gasteiger partial charge in [-0.2, -0.15) is 0 Å². The van der Waals surface area contributed by atoms with Crippen LogP contribution in [0.1, 0.15) is 0 Å². The lowest BCUT2D eigenvalue weighted by Crippen LogP contribution is -2.08. The molecule has 5 heteroatoms. The Morgan fingerprint density at radius 1 is 1.58 bits per heavy atom. The van der Waals surface area contributed by atoms with Crippen molar-refractivity contribution in [1.82, 2.24) is 4.98 Å². The highest BCUT2D eigenvalue weighted by molar-refractivity contribution is 6.29. The summed E-state index contributed by atoms with van der Waals surface area (Å²) in [6, 6.07) is 4.70. The molecule has 0 saturated carbocycles. The summed E-state index contributed by atoms with van der Waals surface area (Å²) in [5.74, 6) is 0.120. The smallest absolute Gasteiger partial charge is 0.437 e. The fourth-order valence-electron chi connectivity index (χ4n) is 0.574. The maximum absolute atomic E-state index is 10.6. The van der Waals surface area contributed by atoms with E-state index in [1.165, 1.54) is 13.2 Å². The molecule has 12 heavy (non-hydrogen) atoms. The number of carbonyl (C=O) groups excluding carboxylic acids is 1. The molecule has 0 amide bonds. The van der Waals surface area contributed by atoms with Gasteiger partial charge in [0.25, 0.3) is 0 Å². The molecule has 1 rings (SSSR count). The maximum Gasteiger partial charge on any atom is 0.514 e. The predicted octanol–water partition coefficient (Wildman–Crippen LogP) is 1.88. The molecule has 0 radical (unpaired) electrons. The molecule has 1 aromatic heterocycles. The van der Waals surface area contributed by atoms with Crippen LogP contribution in [0, 0.1) is 0 Å². The van der Waals surface area contributed by atoms with E-state index in [4.69, 9.17) is 11.6 Å². The number of rotatable bonds is 1. The van der Waals surface area contributed by atoms with E-state index in [9.17, 15) is 4.79 Å². The van der Waals surface area contributed by atoms with E-state index in [1.807, 2.05) is 0 Å². The summed E-state index contributed by atoms with van der Waals surface area (Å²) in [4.78, 5) is 14.3. The van der Waals surface area contributed by atoms with Gasteiger partial charge in [-0.1, -0.05) is 17.7 Å². The number of methoxy groups -OCH3 is 1. The monoisotopic (exact) mass is 187 g/mol. The van der Waals surface area contributed by atoms with E-state index in [1.54, 1.807) is 12.1 Å². The summed E-state index contributed by atoms with van der Waals surface area (Å²) in [5.41, 5.74) is 0. The van der Waals surface area contributed by atoms with E-state index in [0.717, 1.165) is 0 Å². The van der Waals surface area contributed by atoms with Gasteiger partial charge in [0.15, 0.2) is 0 Å². The third-order valence-electron chi connectivity index (χ3n) is 1.04. The van der Waals surface area contributed by atoms with Crippen molar-refractivity contribution in [2.45, 2.75) is 0 Å². The quantitative estimate of drug-likeness (QED) is 0.498. The van der Waals surface area contributed by atoms with Gasteiger partial charge >= 0.3 is 6.16 Å². The number of hydrogen-bond donors (Lipinski definition) is 0. The molecule has 1 aromatic rings. The van der Waals surface area contributed by atoms with E-state index in [-0.39, 0.29) is 11.0 Å². The van der Waals surface area contributed by atoms with Crippen molar-refractivity contribution in [2.24, 2.45) is 0 Å². The van der Waals surface area contributed by atoms with Crippen LogP contribution < -0.4 is 4.74 Å². The Morgan fingerprint density at radius 3 is 2.92 bits per heavy atom. The van der Waals surface area contributed by atoms with Crippen LogP contribution in [0.2, 0.25) is 5.15 Å². The van der Waals surface area contributed by atoms with Gasteiger partial charge < -0.3 is 9.47 Å². The number of ether oxygens (including phenoxy) is 2. The van der Waals surface area contributed by atoms with Crippen LogP contribution >= 0.6 is 11.6 Å². The standard InChI is InChI=1S/C7H6ClNO3/c1-11-7(10)12-6-4-2-3-5(8)9-6/h2-4H,1H3. The van der Waals surface area contributed by atoms with Crippen LogP contribution in [0.25, 0.3) is 0 Å². The van der Waals surface area contributed by atoms with Gasteiger partial charge in [0, 0.05) is 6.07 Å². The number of hydrogen-bond acceptors (Lipinski definition) is 4. The lowest BCUT2D eigenvalue weighted by Gasteiger charge is -2.00. The van der Waals surface area contributed by atoms with Crippen molar-refractivity contribution in [2.75, 3.05) is 7.11 Å². The van der Waals surface area contributed by atoms with E-state index in [2.05, 4.69) is 14.5 Å². The molecule has 0 aliphatic rings. The van der Waals surface area contributed by atoms with E-state index >= 15 is 0 Å². The first kappa shape index (κ1) is 8.80. The lowest BCUT2D eigenvalue weighted by atomic mass is 10.5. The van der Waals surface area contributed by atoms with Crippen LogP contribution in [0.5, 0.6) is 5.88 Å². The van der Waals surface area contributed by atoms with Gasteiger partial charge in [-0.05, 0) is 6.07 Å². The number of carbonyl (C=O) groups is 1. The van der Waals surface area contributed by atoms with Gasteiger partial charge in [0.2, 0.25) is 5.88 Å². The molecule has 0 aromatic carbocycles. The Bertz CT molecular complexity index is 290. The van der Waals surface area contributed by atoms with Crippen LogP contribution in [0.3, 0.4) is 0 Å². The highest BCUT2D eigenvalue weighted by atomic mass is 35.5. The highest BCUT2D eigenvalue weighted by Gasteiger charge is 2.03. The van der Waals surface area contributed by atoms with Crippen LogP contribution in [0.4, 0.5) is 4.79 Å². The van der Waals surface area contributed by atoms with Crippen molar-refractivity contribution in [3.8, 4) is 5.88 Å². The van der Waals surface area contributed by atoms with Crippen LogP contribution in [-0.2, 0) is 4.74 Å². The Balaban J connectivity index is 2.69. The molecule has 0 fully saturated rings. The Morgan fingerprint density at radius 2 is 2.33 bits per heavy atom. The largest absolute Gasteiger partial charge is 0.514 e. The number of nitrogens with zero attached hydrogens (tertiary/aromatic N) is 1. The number of pyridine rings is 1. The topological polar surface area (TPSA) is 48.4 Å². The minimum Gasteiger partial charge on any atom is -0.437 e. The van der Waals surface area contributed by atoms with Gasteiger partial charge in [-0.25, -0.2) is 9.78 Å².